The van der Waals surface area contributed by atoms with E-state index in [1.165, 1.54) is 6.07 Å². The maximum absolute atomic E-state index is 12.8. The summed E-state index contributed by atoms with van der Waals surface area (Å²) in [6.45, 7) is 7.56. The molecule has 0 aliphatic carbocycles. The molecule has 4 rings (SSSR count). The molecule has 1 aliphatic heterocycles. The number of anilines is 2. The molecule has 160 valence electrons. The zero-order valence-corrected chi connectivity index (χ0v) is 17.9. The van der Waals surface area contributed by atoms with E-state index in [-0.39, 0.29) is 17.9 Å². The average molecular weight is 418 g/mol. The minimum absolute atomic E-state index is 0.144. The Morgan fingerprint density at radius 3 is 2.29 bits per heavy atom. The second-order valence-electron chi connectivity index (χ2n) is 7.91. The first kappa shape index (κ1) is 20.8. The van der Waals surface area contributed by atoms with Gasteiger partial charge in [-0.15, -0.1) is 0 Å². The first-order valence-electron chi connectivity index (χ1n) is 10.4. The van der Waals surface area contributed by atoms with E-state index in [1.807, 2.05) is 54.6 Å². The van der Waals surface area contributed by atoms with Crippen molar-refractivity contribution in [3.05, 3.63) is 82.3 Å². The lowest BCUT2D eigenvalue weighted by atomic mass is 10.2. The van der Waals surface area contributed by atoms with Gasteiger partial charge in [-0.2, -0.15) is 5.10 Å². The van der Waals surface area contributed by atoms with Crippen molar-refractivity contribution in [1.29, 1.82) is 0 Å². The zero-order chi connectivity index (χ0) is 22.0. The van der Waals surface area contributed by atoms with Crippen LogP contribution in [-0.4, -0.2) is 41.0 Å². The second-order valence-corrected chi connectivity index (χ2v) is 7.91. The monoisotopic (exact) mass is 418 g/mol. The summed E-state index contributed by atoms with van der Waals surface area (Å²) in [5, 5.41) is 7.10. The van der Waals surface area contributed by atoms with Crippen molar-refractivity contribution in [2.24, 2.45) is 0 Å². The predicted molar refractivity (Wildman–Crippen MR) is 121 cm³/mol. The van der Waals surface area contributed by atoms with E-state index in [1.54, 1.807) is 11.6 Å². The molecule has 1 amide bonds. The summed E-state index contributed by atoms with van der Waals surface area (Å²) >= 11 is 0. The Morgan fingerprint density at radius 1 is 1.00 bits per heavy atom. The Balaban J connectivity index is 1.53. The predicted octanol–water partition coefficient (Wildman–Crippen LogP) is 3.41. The molecule has 2 heterocycles. The Kier molecular flexibility index (Phi) is 5.86. The third-order valence-corrected chi connectivity index (χ3v) is 5.23. The summed E-state index contributed by atoms with van der Waals surface area (Å²) in [5.41, 5.74) is 2.57. The third-order valence-electron chi connectivity index (χ3n) is 5.23. The lowest BCUT2D eigenvalue weighted by molar-refractivity contribution is -0.00521. The molecule has 1 N–H and O–H groups in total. The van der Waals surface area contributed by atoms with Gasteiger partial charge in [0.05, 0.1) is 17.9 Å². The van der Waals surface area contributed by atoms with Gasteiger partial charge in [-0.05, 0) is 57.2 Å². The summed E-state index contributed by atoms with van der Waals surface area (Å²) in [6.07, 6.45) is 0.338. The number of amides is 1. The number of rotatable bonds is 4. The molecule has 1 aromatic heterocycles. The number of benzene rings is 2. The molecule has 7 heteroatoms. The van der Waals surface area contributed by atoms with Crippen molar-refractivity contribution < 1.29 is 9.53 Å². The maximum atomic E-state index is 12.8. The highest BCUT2D eigenvalue weighted by Gasteiger charge is 2.22. The Morgan fingerprint density at radius 2 is 1.65 bits per heavy atom. The van der Waals surface area contributed by atoms with Crippen molar-refractivity contribution in [3.63, 3.8) is 0 Å². The molecule has 2 atom stereocenters. The fourth-order valence-electron chi connectivity index (χ4n) is 3.87. The third kappa shape index (κ3) is 4.67. The quantitative estimate of drug-likeness (QED) is 0.703. The van der Waals surface area contributed by atoms with Gasteiger partial charge in [-0.25, -0.2) is 4.68 Å². The number of para-hydroxylation sites is 1. The Hall–Kier alpha value is -3.45. The van der Waals surface area contributed by atoms with Crippen molar-refractivity contribution in [1.82, 2.24) is 9.78 Å². The largest absolute Gasteiger partial charge is 0.372 e. The molecule has 3 aromatic rings. The SMILES string of the molecule is Cc1cc(=O)c(C(=O)Nc2ccc(N3CC(C)OC(C)C3)cc2)nn1-c1ccccc1. The number of carbonyl (C=O) groups is 1. The van der Waals surface area contributed by atoms with Crippen molar-refractivity contribution in [3.8, 4) is 5.69 Å². The molecule has 0 spiro atoms. The van der Waals surface area contributed by atoms with Crippen LogP contribution in [0.3, 0.4) is 0 Å². The molecule has 2 aromatic carbocycles. The molecule has 0 bridgehead atoms. The van der Waals surface area contributed by atoms with Crippen molar-refractivity contribution >= 4 is 17.3 Å². The normalized spacial score (nSPS) is 18.6. The summed E-state index contributed by atoms with van der Waals surface area (Å²) in [6, 6.07) is 18.4. The van der Waals surface area contributed by atoms with Crippen LogP contribution in [0.25, 0.3) is 5.69 Å². The Labute approximate surface area is 181 Å². The van der Waals surface area contributed by atoms with Crippen LogP contribution >= 0.6 is 0 Å². The van der Waals surface area contributed by atoms with Crippen LogP contribution < -0.4 is 15.6 Å². The fourth-order valence-corrected chi connectivity index (χ4v) is 3.87. The van der Waals surface area contributed by atoms with Gasteiger partial charge in [0.15, 0.2) is 5.69 Å². The number of nitrogens with zero attached hydrogens (tertiary/aromatic N) is 3. The molecule has 1 fully saturated rings. The topological polar surface area (TPSA) is 76.5 Å². The minimum Gasteiger partial charge on any atom is -0.372 e. The van der Waals surface area contributed by atoms with Gasteiger partial charge in [0.25, 0.3) is 5.91 Å². The van der Waals surface area contributed by atoms with E-state index in [9.17, 15) is 9.59 Å². The molecular weight excluding hydrogens is 392 g/mol. The number of carbonyl (C=O) groups excluding carboxylic acids is 1. The van der Waals surface area contributed by atoms with Crippen LogP contribution in [0.4, 0.5) is 11.4 Å². The molecule has 2 unspecified atom stereocenters. The summed E-state index contributed by atoms with van der Waals surface area (Å²) < 4.78 is 7.38. The first-order valence-corrected chi connectivity index (χ1v) is 10.4. The van der Waals surface area contributed by atoms with E-state index < -0.39 is 11.3 Å². The van der Waals surface area contributed by atoms with Gasteiger partial charge in [-0.3, -0.25) is 9.59 Å². The van der Waals surface area contributed by atoms with Crippen LogP contribution in [0.15, 0.2) is 65.5 Å². The van der Waals surface area contributed by atoms with Crippen molar-refractivity contribution in [2.45, 2.75) is 33.0 Å². The van der Waals surface area contributed by atoms with Crippen LogP contribution in [0, 0.1) is 6.92 Å². The molecule has 31 heavy (non-hydrogen) atoms. The summed E-state index contributed by atoms with van der Waals surface area (Å²) in [7, 11) is 0. The van der Waals surface area contributed by atoms with Gasteiger partial charge in [0.2, 0.25) is 5.43 Å². The number of ether oxygens (including phenoxy) is 1. The van der Waals surface area contributed by atoms with Gasteiger partial charge < -0.3 is 15.0 Å². The summed E-state index contributed by atoms with van der Waals surface area (Å²) in [4.78, 5) is 27.5. The second kappa shape index (κ2) is 8.73. The molecule has 7 nitrogen and oxygen atoms in total. The van der Waals surface area contributed by atoms with E-state index in [4.69, 9.17) is 4.74 Å². The lowest BCUT2D eigenvalue weighted by Gasteiger charge is -2.36. The highest BCUT2D eigenvalue weighted by atomic mass is 16.5. The smallest absolute Gasteiger partial charge is 0.280 e. The molecule has 0 saturated carbocycles. The highest BCUT2D eigenvalue weighted by molar-refractivity contribution is 6.02. The van der Waals surface area contributed by atoms with E-state index in [0.29, 0.717) is 11.4 Å². The Bertz CT molecular complexity index is 1120. The number of nitrogens with one attached hydrogen (secondary N) is 1. The van der Waals surface area contributed by atoms with E-state index >= 15 is 0 Å². The minimum atomic E-state index is -0.531. The number of hydrogen-bond donors (Lipinski definition) is 1. The summed E-state index contributed by atoms with van der Waals surface area (Å²) in [5.74, 6) is -0.531. The van der Waals surface area contributed by atoms with Crippen LogP contribution in [0.1, 0.15) is 30.0 Å². The molecular formula is C24H26N4O3. The van der Waals surface area contributed by atoms with Gasteiger partial charge in [-0.1, -0.05) is 18.2 Å². The number of aromatic nitrogens is 2. The number of morpholine rings is 1. The lowest BCUT2D eigenvalue weighted by Crippen LogP contribution is -2.45. The average Bonchev–Trinajstić information content (AvgIpc) is 2.74. The first-order chi connectivity index (χ1) is 14.9. The van der Waals surface area contributed by atoms with Crippen molar-refractivity contribution in [2.75, 3.05) is 23.3 Å². The van der Waals surface area contributed by atoms with Crippen LogP contribution in [-0.2, 0) is 4.74 Å². The zero-order valence-electron chi connectivity index (χ0n) is 17.9. The number of aryl methyl sites for hydroxylation is 1. The van der Waals surface area contributed by atoms with E-state index in [2.05, 4.69) is 29.2 Å². The molecule has 1 saturated heterocycles. The van der Waals surface area contributed by atoms with Crippen LogP contribution in [0.5, 0.6) is 0 Å². The van der Waals surface area contributed by atoms with E-state index in [0.717, 1.165) is 24.5 Å². The molecule has 1 aliphatic rings. The van der Waals surface area contributed by atoms with Crippen LogP contribution in [0.2, 0.25) is 0 Å². The van der Waals surface area contributed by atoms with Gasteiger partial charge in [0, 0.05) is 36.2 Å². The van der Waals surface area contributed by atoms with Gasteiger partial charge in [0.1, 0.15) is 0 Å². The number of hydrogen-bond acceptors (Lipinski definition) is 5. The highest BCUT2D eigenvalue weighted by Crippen LogP contribution is 2.22. The fraction of sp³-hybridized carbons (Fsp3) is 0.292. The maximum Gasteiger partial charge on any atom is 0.280 e. The van der Waals surface area contributed by atoms with Gasteiger partial charge >= 0.3 is 0 Å². The standard InChI is InChI=1S/C24H26N4O3/c1-16-13-22(29)23(26-28(16)21-7-5-4-6-8-21)24(30)25-19-9-11-20(12-10-19)27-14-17(2)31-18(3)15-27/h4-13,17-18H,14-15H2,1-3H3,(H,25,30). The molecule has 0 radical (unpaired) electrons.